The lowest BCUT2D eigenvalue weighted by atomic mass is 9.81. The molecule has 12 heteroatoms. The van der Waals surface area contributed by atoms with Gasteiger partial charge in [0.2, 0.25) is 17.7 Å². The third-order valence-corrected chi connectivity index (χ3v) is 9.28. The maximum absolute atomic E-state index is 14.1. The molecule has 5 rings (SSSR count). The van der Waals surface area contributed by atoms with Crippen LogP contribution in [0.3, 0.4) is 0 Å². The predicted octanol–water partition coefficient (Wildman–Crippen LogP) is 4.87. The van der Waals surface area contributed by atoms with Crippen molar-refractivity contribution in [2.75, 3.05) is 11.4 Å². The van der Waals surface area contributed by atoms with Crippen LogP contribution in [0.4, 0.5) is 5.69 Å². The van der Waals surface area contributed by atoms with Gasteiger partial charge in [0.1, 0.15) is 17.9 Å². The van der Waals surface area contributed by atoms with E-state index >= 15 is 0 Å². The van der Waals surface area contributed by atoms with Crippen LogP contribution in [0.15, 0.2) is 78.8 Å². The number of nitrogens with zero attached hydrogens (tertiary/aromatic N) is 3. The summed E-state index contributed by atoms with van der Waals surface area (Å²) in [4.78, 5) is 71.6. The predicted molar refractivity (Wildman–Crippen MR) is 180 cm³/mol. The number of hydrogen-bond acceptors (Lipinski definition) is 6. The number of aromatic nitrogens is 1. The molecule has 1 aliphatic heterocycles. The average molecular weight is 672 g/mol. The van der Waals surface area contributed by atoms with E-state index in [2.05, 4.69) is 15.6 Å². The van der Waals surface area contributed by atoms with E-state index in [-0.39, 0.29) is 35.7 Å². The monoisotopic (exact) mass is 671 g/mol. The zero-order chi connectivity index (χ0) is 34.4. The maximum atomic E-state index is 14.1. The number of pyridine rings is 1. The van der Waals surface area contributed by atoms with Crippen LogP contribution in [0.25, 0.3) is 6.08 Å². The van der Waals surface area contributed by atoms with E-state index in [4.69, 9.17) is 11.6 Å². The van der Waals surface area contributed by atoms with Gasteiger partial charge >= 0.3 is 5.97 Å². The summed E-state index contributed by atoms with van der Waals surface area (Å²) in [6, 6.07) is 16.5. The van der Waals surface area contributed by atoms with Crippen LogP contribution in [0.5, 0.6) is 0 Å². The van der Waals surface area contributed by atoms with Gasteiger partial charge in [-0.15, -0.1) is 0 Å². The Kier molecular flexibility index (Phi) is 10.6. The van der Waals surface area contributed by atoms with Crippen LogP contribution < -0.4 is 15.5 Å². The SMILES string of the molecule is CC(=O)NCCC1(C(=O)N/C(=C\c2ccc(N3C(=O)C(Cc4cccnc4)N(C(C)=O)C3c3ccc(Cl)cc3)cc2)C(=O)O)CCCC1. The Labute approximate surface area is 284 Å². The van der Waals surface area contributed by atoms with Gasteiger partial charge < -0.3 is 20.6 Å². The molecule has 3 N–H and O–H groups in total. The molecule has 0 spiro atoms. The van der Waals surface area contributed by atoms with Gasteiger partial charge in [-0.3, -0.25) is 29.1 Å². The van der Waals surface area contributed by atoms with E-state index in [1.165, 1.54) is 19.9 Å². The standard InChI is InChI=1S/C36H38ClN5O6/c1-23(43)39-19-17-36(15-3-4-16-36)35(48)40-30(34(46)47)20-25-7-13-29(14-8-25)42-32(27-9-11-28(37)12-10-27)41(24(2)44)31(33(42)45)21-26-6-5-18-38-22-26/h5-14,18,20,22,31-32H,3-4,15-17,19,21H2,1-2H3,(H,39,43)(H,40,48)(H,46,47)/b30-20-. The lowest BCUT2D eigenvalue weighted by molar-refractivity contribution is -0.137. The lowest BCUT2D eigenvalue weighted by Crippen LogP contribution is -2.42. The number of halogens is 1. The van der Waals surface area contributed by atoms with Gasteiger partial charge in [-0.05, 0) is 72.4 Å². The minimum absolute atomic E-state index is 0.189. The van der Waals surface area contributed by atoms with Gasteiger partial charge in [0, 0.05) is 49.9 Å². The summed E-state index contributed by atoms with van der Waals surface area (Å²) in [5.74, 6) is -2.43. The Morgan fingerprint density at radius 1 is 1.02 bits per heavy atom. The van der Waals surface area contributed by atoms with Crippen molar-refractivity contribution in [3.05, 3.63) is 100 Å². The minimum atomic E-state index is -1.30. The molecule has 2 unspecified atom stereocenters. The topological polar surface area (TPSA) is 149 Å². The number of anilines is 1. The molecule has 3 aromatic rings. The molecule has 2 heterocycles. The van der Waals surface area contributed by atoms with Gasteiger partial charge in [-0.2, -0.15) is 0 Å². The third kappa shape index (κ3) is 7.57. The van der Waals surface area contributed by atoms with Gasteiger partial charge in [0.05, 0.1) is 5.41 Å². The molecule has 1 saturated heterocycles. The Hall–Kier alpha value is -5.03. The first-order chi connectivity index (χ1) is 23.0. The fraction of sp³-hybridized carbons (Fsp3) is 0.333. The summed E-state index contributed by atoms with van der Waals surface area (Å²) in [5, 5.41) is 15.9. The second-order valence-corrected chi connectivity index (χ2v) is 12.7. The number of carbonyl (C=O) groups excluding carboxylic acids is 4. The van der Waals surface area contributed by atoms with Crippen molar-refractivity contribution in [2.45, 2.75) is 64.6 Å². The highest BCUT2D eigenvalue weighted by Gasteiger charge is 2.48. The molecule has 0 radical (unpaired) electrons. The molecule has 2 aliphatic rings. The van der Waals surface area contributed by atoms with Crippen molar-refractivity contribution in [2.24, 2.45) is 5.41 Å². The number of carbonyl (C=O) groups is 5. The molecule has 48 heavy (non-hydrogen) atoms. The molecule has 1 saturated carbocycles. The van der Waals surface area contributed by atoms with Gasteiger partial charge in [0.25, 0.3) is 5.91 Å². The maximum Gasteiger partial charge on any atom is 0.352 e. The first kappa shape index (κ1) is 34.3. The summed E-state index contributed by atoms with van der Waals surface area (Å²) in [6.07, 6.45) is 7.51. The van der Waals surface area contributed by atoms with Gasteiger partial charge in [-0.1, -0.05) is 54.8 Å². The fourth-order valence-corrected chi connectivity index (χ4v) is 6.78. The molecule has 11 nitrogen and oxygen atoms in total. The molecular weight excluding hydrogens is 634 g/mol. The van der Waals surface area contributed by atoms with Crippen molar-refractivity contribution in [1.29, 1.82) is 0 Å². The van der Waals surface area contributed by atoms with Crippen molar-refractivity contribution in [3.8, 4) is 0 Å². The van der Waals surface area contributed by atoms with Crippen LogP contribution in [-0.4, -0.2) is 57.2 Å². The Balaban J connectivity index is 1.44. The van der Waals surface area contributed by atoms with E-state index in [1.54, 1.807) is 76.8 Å². The van der Waals surface area contributed by atoms with E-state index in [9.17, 15) is 29.1 Å². The largest absolute Gasteiger partial charge is 0.477 e. The van der Waals surface area contributed by atoms with E-state index in [0.717, 1.165) is 18.4 Å². The molecular formula is C36H38ClN5O6. The summed E-state index contributed by atoms with van der Waals surface area (Å²) < 4.78 is 0. The zero-order valence-corrected chi connectivity index (χ0v) is 27.6. The number of benzene rings is 2. The van der Waals surface area contributed by atoms with Crippen molar-refractivity contribution in [3.63, 3.8) is 0 Å². The number of rotatable bonds is 11. The average Bonchev–Trinajstić information content (AvgIpc) is 3.65. The number of aliphatic carboxylic acids is 1. The van der Waals surface area contributed by atoms with Crippen LogP contribution in [0, 0.1) is 5.41 Å². The number of carboxylic acid groups (broad SMARTS) is 1. The second-order valence-electron chi connectivity index (χ2n) is 12.3. The van der Waals surface area contributed by atoms with Crippen LogP contribution >= 0.6 is 11.6 Å². The number of hydrogen-bond donors (Lipinski definition) is 3. The van der Waals surface area contributed by atoms with Crippen molar-refractivity contribution >= 4 is 53.0 Å². The fourth-order valence-electron chi connectivity index (χ4n) is 6.65. The van der Waals surface area contributed by atoms with E-state index in [0.29, 0.717) is 47.6 Å². The smallest absolute Gasteiger partial charge is 0.352 e. The summed E-state index contributed by atoms with van der Waals surface area (Å²) >= 11 is 6.17. The number of nitrogens with one attached hydrogen (secondary N) is 2. The Bertz CT molecular complexity index is 1700. The van der Waals surface area contributed by atoms with E-state index in [1.807, 2.05) is 6.07 Å². The van der Waals surface area contributed by atoms with Crippen LogP contribution in [-0.2, 0) is 30.4 Å². The number of amides is 4. The Morgan fingerprint density at radius 2 is 1.71 bits per heavy atom. The highest BCUT2D eigenvalue weighted by atomic mass is 35.5. The van der Waals surface area contributed by atoms with Crippen molar-refractivity contribution in [1.82, 2.24) is 20.5 Å². The molecule has 2 fully saturated rings. The molecule has 250 valence electrons. The first-order valence-corrected chi connectivity index (χ1v) is 16.2. The molecule has 2 aromatic carbocycles. The minimum Gasteiger partial charge on any atom is -0.477 e. The quantitative estimate of drug-likeness (QED) is 0.246. The lowest BCUT2D eigenvalue weighted by Gasteiger charge is -2.31. The summed E-state index contributed by atoms with van der Waals surface area (Å²) in [6.45, 7) is 3.17. The van der Waals surface area contributed by atoms with E-state index < -0.39 is 23.6 Å². The highest BCUT2D eigenvalue weighted by molar-refractivity contribution is 6.30. The first-order valence-electron chi connectivity index (χ1n) is 15.9. The molecule has 1 aliphatic carbocycles. The molecule has 0 bridgehead atoms. The van der Waals surface area contributed by atoms with Gasteiger partial charge in [-0.25, -0.2) is 4.79 Å². The van der Waals surface area contributed by atoms with Crippen LogP contribution in [0.2, 0.25) is 5.02 Å². The molecule has 2 atom stereocenters. The molecule has 4 amide bonds. The highest BCUT2D eigenvalue weighted by Crippen LogP contribution is 2.42. The molecule has 1 aromatic heterocycles. The third-order valence-electron chi connectivity index (χ3n) is 9.03. The number of carboxylic acids is 1. The summed E-state index contributed by atoms with van der Waals surface area (Å²) in [7, 11) is 0. The Morgan fingerprint density at radius 3 is 2.29 bits per heavy atom. The summed E-state index contributed by atoms with van der Waals surface area (Å²) in [5.41, 5.74) is 1.44. The van der Waals surface area contributed by atoms with Gasteiger partial charge in [0.15, 0.2) is 0 Å². The van der Waals surface area contributed by atoms with Crippen LogP contribution in [0.1, 0.15) is 68.8 Å². The zero-order valence-electron chi connectivity index (χ0n) is 26.8. The second kappa shape index (κ2) is 14.8. The normalized spacial score (nSPS) is 18.9. The van der Waals surface area contributed by atoms with Crippen molar-refractivity contribution < 1.29 is 29.1 Å².